The molecule has 0 saturated heterocycles. The quantitative estimate of drug-likeness (QED) is 0.579. The summed E-state index contributed by atoms with van der Waals surface area (Å²) in [6.07, 6.45) is 8.14. The third kappa shape index (κ3) is 1.56. The second-order valence-electron chi connectivity index (χ2n) is 6.49. The molecule has 18 heavy (non-hydrogen) atoms. The van der Waals surface area contributed by atoms with Crippen LogP contribution >= 0.6 is 0 Å². The van der Waals surface area contributed by atoms with Gasteiger partial charge in [0.05, 0.1) is 5.10 Å². The molecule has 100 valence electrons. The Morgan fingerprint density at radius 2 is 1.67 bits per heavy atom. The van der Waals surface area contributed by atoms with Crippen molar-refractivity contribution < 1.29 is 17.1 Å². The molecule has 4 bridgehead atoms. The topological polar surface area (TPSA) is 60.6 Å². The Hall–Kier alpha value is -0.840. The number of rotatable bonds is 1. The first-order valence-corrected chi connectivity index (χ1v) is 6.74. The Kier molecular flexibility index (Phi) is 2.59. The van der Waals surface area contributed by atoms with Crippen molar-refractivity contribution >= 4 is 5.95 Å². The van der Waals surface area contributed by atoms with E-state index in [0.29, 0.717) is 5.95 Å². The number of aryl methyl sites for hydroxylation is 1. The normalized spacial score (nSPS) is 40.8. The zero-order chi connectivity index (χ0) is 11.6. The lowest BCUT2D eigenvalue weighted by Gasteiger charge is -2.54. The van der Waals surface area contributed by atoms with E-state index in [1.807, 2.05) is 11.7 Å². The highest BCUT2D eigenvalue weighted by Crippen LogP contribution is 2.56. The van der Waals surface area contributed by atoms with E-state index in [2.05, 4.69) is 10.3 Å². The Morgan fingerprint density at radius 3 is 2.06 bits per heavy atom. The molecule has 0 spiro atoms. The molecule has 2 N–H and O–H groups in total. The maximum atomic E-state index is 6.03. The highest BCUT2D eigenvalue weighted by molar-refractivity contribution is 5.04. The van der Waals surface area contributed by atoms with Gasteiger partial charge in [0.15, 0.2) is 0 Å². The fourth-order valence-electron chi connectivity index (χ4n) is 5.05. The van der Waals surface area contributed by atoms with Crippen LogP contribution in [-0.4, -0.2) is 15.1 Å². The van der Waals surface area contributed by atoms with Crippen LogP contribution in [0.4, 0.5) is 5.95 Å². The van der Waals surface area contributed by atoms with Crippen molar-refractivity contribution in [3.05, 3.63) is 0 Å². The number of nitrogen functional groups attached to an aromatic ring is 1. The molecule has 1 aromatic heterocycles. The molecule has 0 aromatic carbocycles. The summed E-state index contributed by atoms with van der Waals surface area (Å²) in [5, 5.41) is 8.71. The molecule has 0 unspecified atom stereocenters. The predicted molar refractivity (Wildman–Crippen MR) is 61.8 cm³/mol. The number of halogens is 1. The molecule has 1 heterocycles. The van der Waals surface area contributed by atoms with Crippen molar-refractivity contribution in [2.75, 3.05) is 5.73 Å². The Morgan fingerprint density at radius 1 is 1.17 bits per heavy atom. The molecule has 4 fully saturated rings. The summed E-state index contributed by atoms with van der Waals surface area (Å²) >= 11 is 0. The largest absolute Gasteiger partial charge is 1.00 e. The number of hydrogen-bond donors (Lipinski definition) is 1. The van der Waals surface area contributed by atoms with Crippen molar-refractivity contribution in [2.24, 2.45) is 24.8 Å². The third-order valence-electron chi connectivity index (χ3n) is 5.14. The van der Waals surface area contributed by atoms with E-state index in [9.17, 15) is 0 Å². The van der Waals surface area contributed by atoms with E-state index < -0.39 is 0 Å². The van der Waals surface area contributed by atoms with Gasteiger partial charge in [0.25, 0.3) is 0 Å². The standard InChI is InChI=1S/C12H20N5.ClH/c1-16-14-11(13)17(15-16)12-5-8-2-9(6-12)4-10(3-8)7-12;/h8-10H,2-7H2,1H3,(H2,13,14,15);1H/q+1;/p-1. The first-order chi connectivity index (χ1) is 8.14. The molecule has 5 rings (SSSR count). The van der Waals surface area contributed by atoms with Crippen LogP contribution in [0.2, 0.25) is 0 Å². The van der Waals surface area contributed by atoms with Crippen LogP contribution in [0.1, 0.15) is 38.5 Å². The van der Waals surface area contributed by atoms with Gasteiger partial charge in [0.2, 0.25) is 0 Å². The van der Waals surface area contributed by atoms with Gasteiger partial charge in [-0.3, -0.25) is 0 Å². The Labute approximate surface area is 113 Å². The molecule has 4 saturated carbocycles. The van der Waals surface area contributed by atoms with Gasteiger partial charge in [-0.2, -0.15) is 0 Å². The fraction of sp³-hybridized carbons (Fsp3) is 0.917. The van der Waals surface area contributed by atoms with Gasteiger partial charge in [0.1, 0.15) is 12.6 Å². The minimum atomic E-state index is 0. The van der Waals surface area contributed by atoms with Gasteiger partial charge in [-0.1, -0.05) is 4.80 Å². The molecule has 4 aliphatic carbocycles. The number of aromatic nitrogens is 4. The van der Waals surface area contributed by atoms with Crippen molar-refractivity contribution in [1.82, 2.24) is 15.1 Å². The van der Waals surface area contributed by atoms with Gasteiger partial charge in [-0.15, -0.1) is 4.68 Å². The van der Waals surface area contributed by atoms with Crippen molar-refractivity contribution in [1.29, 1.82) is 0 Å². The van der Waals surface area contributed by atoms with E-state index in [1.165, 1.54) is 38.5 Å². The SMILES string of the molecule is Cn1nc(N)[n+](C23CC4CC(CC(C4)C2)C3)n1.[Cl-]. The summed E-state index contributed by atoms with van der Waals surface area (Å²) in [7, 11) is 1.85. The smallest absolute Gasteiger partial charge is 0.396 e. The minimum absolute atomic E-state index is 0. The number of anilines is 1. The molecular weight excluding hydrogens is 250 g/mol. The minimum Gasteiger partial charge on any atom is -1.00 e. The summed E-state index contributed by atoms with van der Waals surface area (Å²) in [6, 6.07) is 0. The summed E-state index contributed by atoms with van der Waals surface area (Å²) in [5.41, 5.74) is 6.23. The molecule has 0 aliphatic heterocycles. The van der Waals surface area contributed by atoms with Gasteiger partial charge < -0.3 is 18.1 Å². The van der Waals surface area contributed by atoms with Gasteiger partial charge in [-0.25, -0.2) is 0 Å². The zero-order valence-corrected chi connectivity index (χ0v) is 11.5. The van der Waals surface area contributed by atoms with Gasteiger partial charge in [0, 0.05) is 5.21 Å². The maximum Gasteiger partial charge on any atom is 0.396 e. The Bertz CT molecular complexity index is 434. The first-order valence-electron chi connectivity index (χ1n) is 6.74. The van der Waals surface area contributed by atoms with Gasteiger partial charge >= 0.3 is 5.95 Å². The average molecular weight is 270 g/mol. The summed E-state index contributed by atoms with van der Waals surface area (Å²) in [6.45, 7) is 0. The van der Waals surface area contributed by atoms with Crippen LogP contribution in [0.25, 0.3) is 0 Å². The first kappa shape index (κ1) is 12.2. The van der Waals surface area contributed by atoms with Gasteiger partial charge in [-0.05, 0) is 56.3 Å². The molecular formula is C12H20ClN5. The molecule has 0 amide bonds. The molecule has 5 nitrogen and oxygen atoms in total. The number of hydrogen-bond acceptors (Lipinski definition) is 3. The molecule has 1 aromatic rings. The zero-order valence-electron chi connectivity index (χ0n) is 10.7. The van der Waals surface area contributed by atoms with Crippen LogP contribution in [0.3, 0.4) is 0 Å². The van der Waals surface area contributed by atoms with Crippen LogP contribution in [-0.2, 0) is 12.6 Å². The van der Waals surface area contributed by atoms with E-state index in [0.717, 1.165) is 17.8 Å². The summed E-state index contributed by atoms with van der Waals surface area (Å²) in [4.78, 5) is 1.61. The maximum absolute atomic E-state index is 6.03. The molecule has 0 atom stereocenters. The highest BCUT2D eigenvalue weighted by Gasteiger charge is 2.55. The van der Waals surface area contributed by atoms with Crippen molar-refractivity contribution in [2.45, 2.75) is 44.1 Å². The van der Waals surface area contributed by atoms with E-state index in [1.54, 1.807) is 4.80 Å². The van der Waals surface area contributed by atoms with Crippen molar-refractivity contribution in [3.8, 4) is 0 Å². The van der Waals surface area contributed by atoms with Crippen LogP contribution < -0.4 is 22.8 Å². The summed E-state index contributed by atoms with van der Waals surface area (Å²) in [5.74, 6) is 3.33. The monoisotopic (exact) mass is 269 g/mol. The highest BCUT2D eigenvalue weighted by atomic mass is 35.5. The fourth-order valence-corrected chi connectivity index (χ4v) is 5.05. The summed E-state index contributed by atoms with van der Waals surface area (Å²) < 4.78 is 2.04. The van der Waals surface area contributed by atoms with Crippen molar-refractivity contribution in [3.63, 3.8) is 0 Å². The van der Waals surface area contributed by atoms with Crippen LogP contribution in [0.5, 0.6) is 0 Å². The lowest BCUT2D eigenvalue weighted by atomic mass is 9.53. The molecule has 0 radical (unpaired) electrons. The number of nitrogens with two attached hydrogens (primary N) is 1. The van der Waals surface area contributed by atoms with E-state index in [-0.39, 0.29) is 17.9 Å². The Balaban J connectivity index is 0.000001000. The van der Waals surface area contributed by atoms with Crippen LogP contribution in [0.15, 0.2) is 0 Å². The lowest BCUT2D eigenvalue weighted by molar-refractivity contribution is -0.815. The van der Waals surface area contributed by atoms with E-state index in [4.69, 9.17) is 5.73 Å². The number of tetrazole rings is 1. The molecule has 4 aliphatic rings. The second-order valence-corrected chi connectivity index (χ2v) is 6.49. The number of nitrogens with zero attached hydrogens (tertiary/aromatic N) is 4. The molecule has 6 heteroatoms. The average Bonchev–Trinajstić information content (AvgIpc) is 2.56. The third-order valence-corrected chi connectivity index (χ3v) is 5.14. The van der Waals surface area contributed by atoms with Crippen LogP contribution in [0, 0.1) is 17.8 Å². The predicted octanol–water partition coefficient (Wildman–Crippen LogP) is -2.39. The van der Waals surface area contributed by atoms with E-state index >= 15 is 0 Å². The second kappa shape index (κ2) is 3.83. The lowest BCUT2D eigenvalue weighted by Crippen LogP contribution is -3.00.